The van der Waals surface area contributed by atoms with E-state index in [1.54, 1.807) is 0 Å². The molecule has 2 rings (SSSR count). The Kier molecular flexibility index (Phi) is 6.47. The summed E-state index contributed by atoms with van der Waals surface area (Å²) in [5, 5.41) is 8.39. The molecule has 1 aromatic rings. The van der Waals surface area contributed by atoms with Crippen molar-refractivity contribution in [3.8, 4) is 0 Å². The van der Waals surface area contributed by atoms with Gasteiger partial charge in [0.25, 0.3) is 0 Å². The van der Waals surface area contributed by atoms with Crippen LogP contribution >= 0.6 is 39.1 Å². The van der Waals surface area contributed by atoms with Crippen molar-refractivity contribution in [2.24, 2.45) is 0 Å². The van der Waals surface area contributed by atoms with Crippen LogP contribution in [0, 0.1) is 0 Å². The second kappa shape index (κ2) is 7.88. The molecule has 0 spiro atoms. The molecule has 1 aliphatic heterocycles. The highest BCUT2D eigenvalue weighted by Crippen LogP contribution is 2.34. The summed E-state index contributed by atoms with van der Waals surface area (Å²) in [6, 6.07) is 4.66. The van der Waals surface area contributed by atoms with Crippen LogP contribution in [-0.4, -0.2) is 18.6 Å². The molecule has 0 radical (unpaired) electrons. The van der Waals surface area contributed by atoms with E-state index < -0.39 is 0 Å². The maximum Gasteiger partial charge on any atom is 0.0721 e. The molecule has 0 amide bonds. The van der Waals surface area contributed by atoms with Crippen LogP contribution in [0.3, 0.4) is 0 Å². The van der Waals surface area contributed by atoms with Gasteiger partial charge in [0.05, 0.1) is 15.7 Å². The second-order valence-corrected chi connectivity index (χ2v) is 7.26. The summed E-state index contributed by atoms with van der Waals surface area (Å²) in [5.74, 6) is 0. The summed E-state index contributed by atoms with van der Waals surface area (Å²) in [6.45, 7) is 3.32. The lowest BCUT2D eigenvalue weighted by Crippen LogP contribution is -2.33. The molecular weight excluding hydrogens is 359 g/mol. The second-order valence-electron chi connectivity index (χ2n) is 5.53. The van der Waals surface area contributed by atoms with Crippen molar-refractivity contribution >= 4 is 44.8 Å². The Morgan fingerprint density at radius 2 is 2.00 bits per heavy atom. The smallest absolute Gasteiger partial charge is 0.0721 e. The van der Waals surface area contributed by atoms with E-state index in [2.05, 4.69) is 33.5 Å². The molecule has 0 aromatic heterocycles. The van der Waals surface area contributed by atoms with E-state index >= 15 is 0 Å². The Morgan fingerprint density at radius 1 is 1.30 bits per heavy atom. The van der Waals surface area contributed by atoms with Gasteiger partial charge in [-0.05, 0) is 44.9 Å². The quantitative estimate of drug-likeness (QED) is 0.723. The molecule has 2 atom stereocenters. The van der Waals surface area contributed by atoms with Crippen LogP contribution in [0.4, 0.5) is 5.69 Å². The third-order valence-corrected chi connectivity index (χ3v) is 4.75. The van der Waals surface area contributed by atoms with Crippen molar-refractivity contribution in [3.05, 3.63) is 26.7 Å². The molecule has 0 bridgehead atoms. The van der Waals surface area contributed by atoms with Crippen LogP contribution in [0.5, 0.6) is 0 Å². The minimum atomic E-state index is 0.335. The molecule has 20 heavy (non-hydrogen) atoms. The number of rotatable bonds is 4. The van der Waals surface area contributed by atoms with Gasteiger partial charge in [-0.1, -0.05) is 52.0 Å². The van der Waals surface area contributed by atoms with E-state index in [1.807, 2.05) is 12.1 Å². The molecule has 2 N–H and O–H groups in total. The SMILES string of the molecule is CC(CC1CCCCCN1)Nc1c(Cl)cc(Br)cc1Cl. The Balaban J connectivity index is 1.95. The molecule has 1 aliphatic rings. The summed E-state index contributed by atoms with van der Waals surface area (Å²) in [5.41, 5.74) is 0.831. The third kappa shape index (κ3) is 4.80. The fourth-order valence-corrected chi connectivity index (χ4v) is 4.03. The van der Waals surface area contributed by atoms with Gasteiger partial charge in [-0.3, -0.25) is 0 Å². The summed E-state index contributed by atoms with van der Waals surface area (Å²) < 4.78 is 0.899. The minimum absolute atomic E-state index is 0.335. The summed E-state index contributed by atoms with van der Waals surface area (Å²) in [4.78, 5) is 0. The van der Waals surface area contributed by atoms with Crippen molar-refractivity contribution in [2.75, 3.05) is 11.9 Å². The molecular formula is C15H21BrCl2N2. The zero-order valence-corrected chi connectivity index (χ0v) is 14.8. The zero-order chi connectivity index (χ0) is 14.5. The van der Waals surface area contributed by atoms with Gasteiger partial charge in [0.15, 0.2) is 0 Å². The van der Waals surface area contributed by atoms with Crippen LogP contribution in [0.15, 0.2) is 16.6 Å². The molecule has 1 heterocycles. The topological polar surface area (TPSA) is 24.1 Å². The number of halogens is 3. The zero-order valence-electron chi connectivity index (χ0n) is 11.7. The highest BCUT2D eigenvalue weighted by molar-refractivity contribution is 9.10. The molecule has 1 fully saturated rings. The van der Waals surface area contributed by atoms with Gasteiger partial charge in [0.1, 0.15) is 0 Å². The predicted octanol–water partition coefficient (Wildman–Crippen LogP) is 5.48. The molecule has 1 saturated heterocycles. The Bertz CT molecular complexity index is 422. The lowest BCUT2D eigenvalue weighted by atomic mass is 10.0. The van der Waals surface area contributed by atoms with Gasteiger partial charge in [-0.25, -0.2) is 0 Å². The van der Waals surface area contributed by atoms with E-state index in [1.165, 1.54) is 25.7 Å². The van der Waals surface area contributed by atoms with Crippen LogP contribution in [0.25, 0.3) is 0 Å². The van der Waals surface area contributed by atoms with Crippen molar-refractivity contribution < 1.29 is 0 Å². The number of hydrogen-bond donors (Lipinski definition) is 2. The lowest BCUT2D eigenvalue weighted by Gasteiger charge is -2.23. The Labute approximate surface area is 139 Å². The van der Waals surface area contributed by atoms with Crippen LogP contribution < -0.4 is 10.6 Å². The molecule has 5 heteroatoms. The number of nitrogens with one attached hydrogen (secondary N) is 2. The Morgan fingerprint density at radius 3 is 2.70 bits per heavy atom. The van der Waals surface area contributed by atoms with Gasteiger partial charge >= 0.3 is 0 Å². The summed E-state index contributed by atoms with van der Waals surface area (Å²) in [6.07, 6.45) is 6.30. The molecule has 112 valence electrons. The highest BCUT2D eigenvalue weighted by Gasteiger charge is 2.16. The fraction of sp³-hybridized carbons (Fsp3) is 0.600. The average molecular weight is 380 g/mol. The van der Waals surface area contributed by atoms with Crippen molar-refractivity contribution in [2.45, 2.75) is 51.1 Å². The monoisotopic (exact) mass is 378 g/mol. The first-order chi connectivity index (χ1) is 9.56. The van der Waals surface area contributed by atoms with Gasteiger partial charge in [0.2, 0.25) is 0 Å². The van der Waals surface area contributed by atoms with Gasteiger partial charge in [0, 0.05) is 16.6 Å². The van der Waals surface area contributed by atoms with E-state index in [0.29, 0.717) is 22.1 Å². The minimum Gasteiger partial charge on any atom is -0.380 e. The van der Waals surface area contributed by atoms with Crippen LogP contribution in [0.1, 0.15) is 39.0 Å². The van der Waals surface area contributed by atoms with Gasteiger partial charge < -0.3 is 10.6 Å². The molecule has 2 unspecified atom stereocenters. The van der Waals surface area contributed by atoms with E-state index in [4.69, 9.17) is 23.2 Å². The number of anilines is 1. The molecule has 2 nitrogen and oxygen atoms in total. The molecule has 0 saturated carbocycles. The van der Waals surface area contributed by atoms with Crippen molar-refractivity contribution in [1.29, 1.82) is 0 Å². The third-order valence-electron chi connectivity index (χ3n) is 3.70. The van der Waals surface area contributed by atoms with Crippen molar-refractivity contribution in [3.63, 3.8) is 0 Å². The lowest BCUT2D eigenvalue weighted by molar-refractivity contribution is 0.456. The first-order valence-electron chi connectivity index (χ1n) is 7.20. The number of benzene rings is 1. The predicted molar refractivity (Wildman–Crippen MR) is 92.1 cm³/mol. The summed E-state index contributed by atoms with van der Waals surface area (Å²) in [7, 11) is 0. The first kappa shape index (κ1) is 16.4. The fourth-order valence-electron chi connectivity index (χ4n) is 2.71. The van der Waals surface area contributed by atoms with E-state index in [0.717, 1.165) is 23.1 Å². The number of hydrogen-bond acceptors (Lipinski definition) is 2. The maximum absolute atomic E-state index is 6.26. The molecule has 0 aliphatic carbocycles. The highest BCUT2D eigenvalue weighted by atomic mass is 79.9. The molecule has 1 aromatic carbocycles. The Hall–Kier alpha value is 0.0400. The van der Waals surface area contributed by atoms with Crippen LogP contribution in [0.2, 0.25) is 10.0 Å². The largest absolute Gasteiger partial charge is 0.380 e. The van der Waals surface area contributed by atoms with Crippen molar-refractivity contribution in [1.82, 2.24) is 5.32 Å². The maximum atomic E-state index is 6.26. The summed E-state index contributed by atoms with van der Waals surface area (Å²) >= 11 is 15.9. The van der Waals surface area contributed by atoms with E-state index in [9.17, 15) is 0 Å². The van der Waals surface area contributed by atoms with Gasteiger partial charge in [-0.2, -0.15) is 0 Å². The standard InChI is InChI=1S/C15H21BrCl2N2/c1-10(7-12-5-3-2-4-6-19-12)20-15-13(17)8-11(16)9-14(15)18/h8-10,12,19-20H,2-7H2,1H3. The normalized spacial score (nSPS) is 21.3. The first-order valence-corrected chi connectivity index (χ1v) is 8.75. The van der Waals surface area contributed by atoms with Gasteiger partial charge in [-0.15, -0.1) is 0 Å². The van der Waals surface area contributed by atoms with Crippen LogP contribution in [-0.2, 0) is 0 Å². The van der Waals surface area contributed by atoms with E-state index in [-0.39, 0.29) is 0 Å². The average Bonchev–Trinajstić information content (AvgIpc) is 2.62.